The normalized spacial score (nSPS) is 23.5. The molecule has 3 aliphatic heterocycles. The number of amides is 2. The standard InChI is InChI=1S/C23H24N2O5/c1-22(2)14-23(16-5-3-4-6-18(16)24-20(23)26)17-8-7-15(13-19(17)30-22)28-11-9-25-10-12-29-21(25)27/h3-8,13H,9-12,14H2,1-2H3,(H,24,26). The van der Waals surface area contributed by atoms with Gasteiger partial charge in [-0.15, -0.1) is 0 Å². The molecule has 30 heavy (non-hydrogen) atoms. The van der Waals surface area contributed by atoms with Gasteiger partial charge in [0.05, 0.1) is 13.1 Å². The van der Waals surface area contributed by atoms with Crippen molar-refractivity contribution in [3.63, 3.8) is 0 Å². The van der Waals surface area contributed by atoms with Crippen molar-refractivity contribution >= 4 is 17.7 Å². The summed E-state index contributed by atoms with van der Waals surface area (Å²) in [6.07, 6.45) is 0.245. The lowest BCUT2D eigenvalue weighted by Gasteiger charge is -2.43. The van der Waals surface area contributed by atoms with E-state index in [1.165, 1.54) is 0 Å². The highest BCUT2D eigenvalue weighted by molar-refractivity contribution is 6.09. The first kappa shape index (κ1) is 18.8. The zero-order valence-electron chi connectivity index (χ0n) is 17.1. The fourth-order valence-corrected chi connectivity index (χ4v) is 4.76. The molecule has 156 valence electrons. The topological polar surface area (TPSA) is 77.1 Å². The van der Waals surface area contributed by atoms with Crippen molar-refractivity contribution in [1.29, 1.82) is 0 Å². The number of nitrogens with zero attached hydrogens (tertiary/aromatic N) is 1. The van der Waals surface area contributed by atoms with E-state index in [-0.39, 0.29) is 12.0 Å². The molecule has 3 aliphatic rings. The van der Waals surface area contributed by atoms with Gasteiger partial charge in [0.1, 0.15) is 35.7 Å². The van der Waals surface area contributed by atoms with Crippen LogP contribution in [0.1, 0.15) is 31.4 Å². The summed E-state index contributed by atoms with van der Waals surface area (Å²) in [7, 11) is 0. The minimum absolute atomic E-state index is 0.0254. The van der Waals surface area contributed by atoms with Crippen molar-refractivity contribution in [2.45, 2.75) is 31.3 Å². The molecule has 0 radical (unpaired) electrons. The van der Waals surface area contributed by atoms with E-state index in [1.54, 1.807) is 4.90 Å². The Hall–Kier alpha value is -3.22. The van der Waals surface area contributed by atoms with Crippen molar-refractivity contribution in [3.8, 4) is 11.5 Å². The molecule has 3 heterocycles. The molecule has 7 heteroatoms. The van der Waals surface area contributed by atoms with Gasteiger partial charge in [0.25, 0.3) is 0 Å². The zero-order valence-corrected chi connectivity index (χ0v) is 17.1. The molecule has 2 aromatic carbocycles. The fourth-order valence-electron chi connectivity index (χ4n) is 4.76. The molecule has 0 saturated carbocycles. The number of carbonyl (C=O) groups is 2. The summed E-state index contributed by atoms with van der Waals surface area (Å²) in [4.78, 5) is 26.4. The number of carbonyl (C=O) groups excluding carboxylic acids is 2. The van der Waals surface area contributed by atoms with Gasteiger partial charge in [0, 0.05) is 23.7 Å². The number of hydrogen-bond donors (Lipinski definition) is 1. The molecule has 1 unspecified atom stereocenters. The van der Waals surface area contributed by atoms with Crippen LogP contribution < -0.4 is 14.8 Å². The van der Waals surface area contributed by atoms with Gasteiger partial charge in [-0.3, -0.25) is 4.79 Å². The van der Waals surface area contributed by atoms with E-state index < -0.39 is 11.0 Å². The van der Waals surface area contributed by atoms with Gasteiger partial charge < -0.3 is 24.4 Å². The summed E-state index contributed by atoms with van der Waals surface area (Å²) in [5.74, 6) is 1.26. The van der Waals surface area contributed by atoms with Gasteiger partial charge in [-0.05, 0) is 31.5 Å². The third-order valence-corrected chi connectivity index (χ3v) is 5.99. The van der Waals surface area contributed by atoms with Crippen LogP contribution in [0.3, 0.4) is 0 Å². The Morgan fingerprint density at radius 3 is 2.77 bits per heavy atom. The number of fused-ring (bicyclic) bond motifs is 4. The highest BCUT2D eigenvalue weighted by atomic mass is 16.6. The number of para-hydroxylation sites is 1. The molecule has 0 aromatic heterocycles. The van der Waals surface area contributed by atoms with Crippen LogP contribution >= 0.6 is 0 Å². The van der Waals surface area contributed by atoms with Crippen LogP contribution in [0.4, 0.5) is 10.5 Å². The number of cyclic esters (lactones) is 1. The van der Waals surface area contributed by atoms with Crippen molar-refractivity contribution in [2.75, 3.05) is 31.6 Å². The SMILES string of the molecule is CC1(C)CC2(C(=O)Nc3ccccc32)c2ccc(OCCN3CCOC3=O)cc2O1. The summed E-state index contributed by atoms with van der Waals surface area (Å²) in [5, 5.41) is 3.05. The zero-order chi connectivity index (χ0) is 20.9. The molecular formula is C23H24N2O5. The molecule has 1 saturated heterocycles. The Bertz CT molecular complexity index is 1030. The minimum atomic E-state index is -0.786. The number of rotatable bonds is 4. The molecule has 0 bridgehead atoms. The second kappa shape index (κ2) is 6.65. The fraction of sp³-hybridized carbons (Fsp3) is 0.391. The van der Waals surface area contributed by atoms with E-state index in [0.717, 1.165) is 16.8 Å². The second-order valence-corrected chi connectivity index (χ2v) is 8.55. The third kappa shape index (κ3) is 2.88. The molecule has 2 aromatic rings. The first-order valence-corrected chi connectivity index (χ1v) is 10.2. The Labute approximate surface area is 174 Å². The van der Waals surface area contributed by atoms with E-state index >= 15 is 0 Å². The van der Waals surface area contributed by atoms with Gasteiger partial charge in [-0.1, -0.05) is 24.3 Å². The summed E-state index contributed by atoms with van der Waals surface area (Å²) in [5.41, 5.74) is 1.36. The summed E-state index contributed by atoms with van der Waals surface area (Å²) >= 11 is 0. The summed E-state index contributed by atoms with van der Waals surface area (Å²) < 4.78 is 17.1. The van der Waals surface area contributed by atoms with E-state index in [1.807, 2.05) is 56.3 Å². The highest BCUT2D eigenvalue weighted by Crippen LogP contribution is 2.54. The number of ether oxygens (including phenoxy) is 3. The van der Waals surface area contributed by atoms with Crippen LogP contribution in [-0.4, -0.2) is 48.8 Å². The van der Waals surface area contributed by atoms with Crippen molar-refractivity contribution in [1.82, 2.24) is 4.90 Å². The van der Waals surface area contributed by atoms with Crippen LogP contribution in [0.5, 0.6) is 11.5 Å². The van der Waals surface area contributed by atoms with Gasteiger partial charge in [0.15, 0.2) is 0 Å². The number of benzene rings is 2. The summed E-state index contributed by atoms with van der Waals surface area (Å²) in [6.45, 7) is 5.82. The lowest BCUT2D eigenvalue weighted by atomic mass is 9.67. The molecule has 1 N–H and O–H groups in total. The Morgan fingerprint density at radius 1 is 1.13 bits per heavy atom. The van der Waals surface area contributed by atoms with Gasteiger partial charge >= 0.3 is 6.09 Å². The third-order valence-electron chi connectivity index (χ3n) is 5.99. The van der Waals surface area contributed by atoms with E-state index in [0.29, 0.717) is 44.2 Å². The first-order chi connectivity index (χ1) is 14.4. The average molecular weight is 408 g/mol. The van der Waals surface area contributed by atoms with Gasteiger partial charge in [-0.2, -0.15) is 0 Å². The molecule has 2 amide bonds. The van der Waals surface area contributed by atoms with E-state index in [2.05, 4.69) is 5.32 Å². The Kier molecular flexibility index (Phi) is 4.17. The molecule has 1 atom stereocenters. The summed E-state index contributed by atoms with van der Waals surface area (Å²) in [6, 6.07) is 13.5. The molecule has 5 rings (SSSR count). The predicted octanol–water partition coefficient (Wildman–Crippen LogP) is 3.32. The van der Waals surface area contributed by atoms with Crippen LogP contribution in [0, 0.1) is 0 Å². The maximum Gasteiger partial charge on any atom is 0.410 e. The molecular weight excluding hydrogens is 384 g/mol. The molecule has 1 spiro atoms. The number of nitrogens with one attached hydrogen (secondary N) is 1. The second-order valence-electron chi connectivity index (χ2n) is 8.55. The lowest BCUT2D eigenvalue weighted by molar-refractivity contribution is -0.122. The molecule has 0 aliphatic carbocycles. The van der Waals surface area contributed by atoms with Crippen molar-refractivity contribution in [3.05, 3.63) is 53.6 Å². The Balaban J connectivity index is 1.46. The van der Waals surface area contributed by atoms with Crippen LogP contribution in [0.25, 0.3) is 0 Å². The average Bonchev–Trinajstić information content (AvgIpc) is 3.22. The van der Waals surface area contributed by atoms with Gasteiger partial charge in [0.2, 0.25) is 5.91 Å². The number of hydrogen-bond acceptors (Lipinski definition) is 5. The van der Waals surface area contributed by atoms with E-state index in [9.17, 15) is 9.59 Å². The Morgan fingerprint density at radius 2 is 1.97 bits per heavy atom. The van der Waals surface area contributed by atoms with Crippen LogP contribution in [0.15, 0.2) is 42.5 Å². The monoisotopic (exact) mass is 408 g/mol. The maximum absolute atomic E-state index is 13.2. The highest BCUT2D eigenvalue weighted by Gasteiger charge is 2.55. The van der Waals surface area contributed by atoms with E-state index in [4.69, 9.17) is 14.2 Å². The quantitative estimate of drug-likeness (QED) is 0.840. The van der Waals surface area contributed by atoms with Crippen molar-refractivity contribution < 1.29 is 23.8 Å². The van der Waals surface area contributed by atoms with Crippen LogP contribution in [-0.2, 0) is 14.9 Å². The molecule has 1 fully saturated rings. The maximum atomic E-state index is 13.2. The minimum Gasteiger partial charge on any atom is -0.492 e. The first-order valence-electron chi connectivity index (χ1n) is 10.2. The van der Waals surface area contributed by atoms with Crippen molar-refractivity contribution in [2.24, 2.45) is 0 Å². The number of anilines is 1. The van der Waals surface area contributed by atoms with Crippen LogP contribution in [0.2, 0.25) is 0 Å². The smallest absolute Gasteiger partial charge is 0.410 e. The largest absolute Gasteiger partial charge is 0.492 e. The lowest BCUT2D eigenvalue weighted by Crippen LogP contribution is -2.48. The van der Waals surface area contributed by atoms with Gasteiger partial charge in [-0.25, -0.2) is 4.79 Å². The predicted molar refractivity (Wildman–Crippen MR) is 110 cm³/mol. The molecule has 7 nitrogen and oxygen atoms in total.